The van der Waals surface area contributed by atoms with Crippen LogP contribution < -0.4 is 4.74 Å². The lowest BCUT2D eigenvalue weighted by Crippen LogP contribution is -2.00. The second kappa shape index (κ2) is 6.55. The molecule has 0 aliphatic rings. The van der Waals surface area contributed by atoms with Gasteiger partial charge in [0.25, 0.3) is 0 Å². The molecule has 0 amide bonds. The van der Waals surface area contributed by atoms with E-state index >= 15 is 0 Å². The van der Waals surface area contributed by atoms with Crippen LogP contribution in [0.25, 0.3) is 0 Å². The molecule has 0 saturated carbocycles. The van der Waals surface area contributed by atoms with Crippen molar-refractivity contribution in [2.75, 3.05) is 6.61 Å². The molecule has 0 spiro atoms. The van der Waals surface area contributed by atoms with Crippen molar-refractivity contribution in [2.24, 2.45) is 0 Å². The Morgan fingerprint density at radius 1 is 1.30 bits per heavy atom. The van der Waals surface area contributed by atoms with Gasteiger partial charge in [-0.2, -0.15) is 0 Å². The molecule has 1 heterocycles. The van der Waals surface area contributed by atoms with E-state index in [9.17, 15) is 4.79 Å². The van der Waals surface area contributed by atoms with Crippen LogP contribution in [0.3, 0.4) is 0 Å². The summed E-state index contributed by atoms with van der Waals surface area (Å²) >= 11 is 5.01. The third-order valence-electron chi connectivity index (χ3n) is 3.05. The van der Waals surface area contributed by atoms with Gasteiger partial charge in [0, 0.05) is 10.4 Å². The molecule has 0 aliphatic carbocycles. The fraction of sp³-hybridized carbons (Fsp3) is 0.312. The molecule has 0 saturated heterocycles. The molecule has 0 radical (unpaired) electrons. The number of aryl methyl sites for hydroxylation is 2. The summed E-state index contributed by atoms with van der Waals surface area (Å²) in [5.41, 5.74) is 1.85. The Balaban J connectivity index is 2.24. The van der Waals surface area contributed by atoms with Crippen molar-refractivity contribution >= 4 is 33.0 Å². The summed E-state index contributed by atoms with van der Waals surface area (Å²) in [6, 6.07) is 7.46. The molecular weight excluding hydrogens is 336 g/mol. The monoisotopic (exact) mass is 352 g/mol. The lowest BCUT2D eigenvalue weighted by Gasteiger charge is -2.08. The van der Waals surface area contributed by atoms with Crippen molar-refractivity contribution in [2.45, 2.75) is 27.2 Å². The van der Waals surface area contributed by atoms with E-state index in [4.69, 9.17) is 4.74 Å². The number of ketones is 1. The van der Waals surface area contributed by atoms with Gasteiger partial charge >= 0.3 is 0 Å². The average molecular weight is 353 g/mol. The highest BCUT2D eigenvalue weighted by molar-refractivity contribution is 9.10. The molecule has 1 aromatic carbocycles. The highest BCUT2D eigenvalue weighted by Crippen LogP contribution is 2.29. The highest BCUT2D eigenvalue weighted by atomic mass is 79.9. The molecular formula is C16H17BrO2S. The zero-order chi connectivity index (χ0) is 14.7. The summed E-state index contributed by atoms with van der Waals surface area (Å²) in [5.74, 6) is 0.843. The van der Waals surface area contributed by atoms with Crippen LogP contribution in [0.1, 0.15) is 39.0 Å². The first-order valence-electron chi connectivity index (χ1n) is 6.57. The van der Waals surface area contributed by atoms with E-state index in [1.807, 2.05) is 38.1 Å². The molecule has 2 rings (SSSR count). The molecule has 0 atom stereocenters. The predicted molar refractivity (Wildman–Crippen MR) is 87.2 cm³/mol. The van der Waals surface area contributed by atoms with E-state index < -0.39 is 0 Å². The zero-order valence-electron chi connectivity index (χ0n) is 11.8. The topological polar surface area (TPSA) is 26.3 Å². The average Bonchev–Trinajstić information content (AvgIpc) is 2.76. The molecule has 2 nitrogen and oxygen atoms in total. The summed E-state index contributed by atoms with van der Waals surface area (Å²) in [6.45, 7) is 6.80. The van der Waals surface area contributed by atoms with Gasteiger partial charge in [-0.05, 0) is 66.0 Å². The fourth-order valence-corrected chi connectivity index (χ4v) is 3.29. The van der Waals surface area contributed by atoms with E-state index in [-0.39, 0.29) is 5.78 Å². The maximum Gasteiger partial charge on any atom is 0.203 e. The lowest BCUT2D eigenvalue weighted by molar-refractivity contribution is 0.104. The summed E-state index contributed by atoms with van der Waals surface area (Å²) in [5, 5.41) is 0. The zero-order valence-corrected chi connectivity index (χ0v) is 14.2. The smallest absolute Gasteiger partial charge is 0.203 e. The van der Waals surface area contributed by atoms with Gasteiger partial charge in [0.15, 0.2) is 0 Å². The fourth-order valence-electron chi connectivity index (χ4n) is 1.80. The Hall–Kier alpha value is -1.13. The first-order chi connectivity index (χ1) is 9.52. The molecule has 20 heavy (non-hydrogen) atoms. The van der Waals surface area contributed by atoms with Crippen molar-refractivity contribution in [1.29, 1.82) is 0 Å². The van der Waals surface area contributed by atoms with Crippen LogP contribution in [-0.2, 0) is 0 Å². The van der Waals surface area contributed by atoms with Crippen molar-refractivity contribution in [3.63, 3.8) is 0 Å². The van der Waals surface area contributed by atoms with E-state index in [0.717, 1.165) is 21.5 Å². The van der Waals surface area contributed by atoms with Gasteiger partial charge in [0.2, 0.25) is 5.78 Å². The Labute approximate surface area is 131 Å². The van der Waals surface area contributed by atoms with E-state index in [1.165, 1.54) is 10.4 Å². The van der Waals surface area contributed by atoms with Gasteiger partial charge < -0.3 is 4.74 Å². The lowest BCUT2D eigenvalue weighted by atomic mass is 10.1. The Kier molecular flexibility index (Phi) is 5.00. The molecule has 0 unspecified atom stereocenters. The molecule has 0 fully saturated rings. The quantitative estimate of drug-likeness (QED) is 0.695. The molecule has 1 aromatic heterocycles. The molecule has 0 N–H and O–H groups in total. The van der Waals surface area contributed by atoms with Crippen molar-refractivity contribution in [3.8, 4) is 5.75 Å². The number of benzene rings is 1. The van der Waals surface area contributed by atoms with Crippen LogP contribution in [0.2, 0.25) is 0 Å². The molecule has 2 aromatic rings. The number of rotatable bonds is 5. The van der Waals surface area contributed by atoms with Crippen LogP contribution in [0.15, 0.2) is 28.7 Å². The van der Waals surface area contributed by atoms with Crippen LogP contribution in [0.5, 0.6) is 5.75 Å². The minimum Gasteiger partial charge on any atom is -0.492 e. The van der Waals surface area contributed by atoms with Gasteiger partial charge in [0.1, 0.15) is 5.75 Å². The largest absolute Gasteiger partial charge is 0.492 e. The third-order valence-corrected chi connectivity index (χ3v) is 4.82. The molecule has 0 bridgehead atoms. The summed E-state index contributed by atoms with van der Waals surface area (Å²) in [7, 11) is 0. The third kappa shape index (κ3) is 3.30. The minimum atomic E-state index is 0.0638. The molecule has 106 valence electrons. The molecule has 4 heteroatoms. The SMILES string of the molecule is CCCOc1ccc(C(=O)c2cc(C)c(C)s2)cc1Br. The maximum atomic E-state index is 12.4. The second-order valence-corrected chi connectivity index (χ2v) is 6.78. The van der Waals surface area contributed by atoms with Crippen LogP contribution in [0, 0.1) is 13.8 Å². The normalized spacial score (nSPS) is 10.6. The van der Waals surface area contributed by atoms with Gasteiger partial charge in [-0.3, -0.25) is 4.79 Å². The standard InChI is InChI=1S/C16H17BrO2S/c1-4-7-19-14-6-5-12(9-13(14)17)16(18)15-8-10(2)11(3)20-15/h5-6,8-9H,4,7H2,1-3H3. The van der Waals surface area contributed by atoms with E-state index in [2.05, 4.69) is 22.9 Å². The molecule has 0 aliphatic heterocycles. The Morgan fingerprint density at radius 3 is 2.60 bits per heavy atom. The maximum absolute atomic E-state index is 12.4. The summed E-state index contributed by atoms with van der Waals surface area (Å²) in [4.78, 5) is 14.4. The number of hydrogen-bond donors (Lipinski definition) is 0. The van der Waals surface area contributed by atoms with E-state index in [1.54, 1.807) is 11.3 Å². The number of halogens is 1. The Bertz CT molecular complexity index is 612. The number of hydrogen-bond acceptors (Lipinski definition) is 3. The van der Waals surface area contributed by atoms with Gasteiger partial charge in [-0.1, -0.05) is 6.92 Å². The van der Waals surface area contributed by atoms with Crippen molar-refractivity contribution < 1.29 is 9.53 Å². The number of thiophene rings is 1. The first kappa shape index (κ1) is 15.3. The number of carbonyl (C=O) groups is 1. The number of ether oxygens (including phenoxy) is 1. The van der Waals surface area contributed by atoms with Crippen LogP contribution in [0.4, 0.5) is 0 Å². The van der Waals surface area contributed by atoms with Crippen molar-refractivity contribution in [3.05, 3.63) is 49.6 Å². The highest BCUT2D eigenvalue weighted by Gasteiger charge is 2.14. The van der Waals surface area contributed by atoms with Crippen molar-refractivity contribution in [1.82, 2.24) is 0 Å². The summed E-state index contributed by atoms with van der Waals surface area (Å²) in [6.07, 6.45) is 0.959. The van der Waals surface area contributed by atoms with Gasteiger partial charge in [0.05, 0.1) is 16.0 Å². The summed E-state index contributed by atoms with van der Waals surface area (Å²) < 4.78 is 6.42. The van der Waals surface area contributed by atoms with Gasteiger partial charge in [-0.15, -0.1) is 11.3 Å². The Morgan fingerprint density at radius 2 is 2.05 bits per heavy atom. The van der Waals surface area contributed by atoms with Crippen LogP contribution in [-0.4, -0.2) is 12.4 Å². The number of carbonyl (C=O) groups excluding carboxylic acids is 1. The second-order valence-electron chi connectivity index (χ2n) is 4.67. The predicted octanol–water partition coefficient (Wildman–Crippen LogP) is 5.15. The minimum absolute atomic E-state index is 0.0638. The van der Waals surface area contributed by atoms with Gasteiger partial charge in [-0.25, -0.2) is 0 Å². The first-order valence-corrected chi connectivity index (χ1v) is 8.18. The van der Waals surface area contributed by atoms with Crippen LogP contribution >= 0.6 is 27.3 Å². The van der Waals surface area contributed by atoms with E-state index in [0.29, 0.717) is 12.2 Å².